The fraction of sp³-hybridized carbons (Fsp3) is 0.333. The first-order chi connectivity index (χ1) is 12.6. The zero-order valence-corrected chi connectivity index (χ0v) is 14.5. The molecule has 2 N–H and O–H groups in total. The highest BCUT2D eigenvalue weighted by Crippen LogP contribution is 2.60. The normalized spacial score (nSPS) is 20.2. The topological polar surface area (TPSA) is 69.6 Å². The van der Waals surface area contributed by atoms with Gasteiger partial charge in [-0.1, -0.05) is 48.9 Å². The van der Waals surface area contributed by atoms with Gasteiger partial charge in [0.25, 0.3) is 0 Å². The summed E-state index contributed by atoms with van der Waals surface area (Å²) >= 11 is 0. The average molecular weight is 350 g/mol. The van der Waals surface area contributed by atoms with Crippen LogP contribution in [0.25, 0.3) is 0 Å². The Morgan fingerprint density at radius 1 is 1.08 bits per heavy atom. The number of nitrogens with one attached hydrogen (secondary N) is 1. The van der Waals surface area contributed by atoms with Crippen molar-refractivity contribution in [2.45, 2.75) is 31.8 Å². The molecule has 1 atom stereocenters. The quantitative estimate of drug-likeness (QED) is 0.881. The van der Waals surface area contributed by atoms with Crippen molar-refractivity contribution in [3.63, 3.8) is 0 Å². The van der Waals surface area contributed by atoms with Gasteiger partial charge in [0.1, 0.15) is 0 Å². The Labute approximate surface area is 152 Å². The van der Waals surface area contributed by atoms with E-state index >= 15 is 0 Å². The lowest BCUT2D eigenvalue weighted by Crippen LogP contribution is -2.65. The molecule has 1 saturated carbocycles. The number of carbonyl (C=O) groups is 2. The number of hydrogen-bond donors (Lipinski definition) is 2. The molecular formula is C21H22N2O3. The van der Waals surface area contributed by atoms with E-state index in [1.165, 1.54) is 24.8 Å². The van der Waals surface area contributed by atoms with Gasteiger partial charge in [0.2, 0.25) is 0 Å². The predicted octanol–water partition coefficient (Wildman–Crippen LogP) is 3.82. The molecule has 1 aliphatic heterocycles. The standard InChI is InChI=1S/C21H22N2O3/c24-19(25)17-9-7-15(8-10-17)13-22-20(26)23-14-21(11-4-12-21)18(23)16-5-2-1-3-6-16/h1-3,5-10,18H,4,11-14H2,(H,22,26)(H,24,25). The van der Waals surface area contributed by atoms with Crippen LogP contribution in [0.1, 0.15) is 46.8 Å². The van der Waals surface area contributed by atoms with Crippen LogP contribution in [0.2, 0.25) is 0 Å². The maximum Gasteiger partial charge on any atom is 0.335 e. The lowest BCUT2D eigenvalue weighted by Gasteiger charge is -2.62. The number of rotatable bonds is 4. The molecule has 26 heavy (non-hydrogen) atoms. The maximum absolute atomic E-state index is 12.7. The fourth-order valence-corrected chi connectivity index (χ4v) is 4.20. The minimum atomic E-state index is -0.947. The molecule has 2 aliphatic rings. The Morgan fingerprint density at radius 3 is 2.35 bits per heavy atom. The van der Waals surface area contributed by atoms with Crippen LogP contribution in [0.15, 0.2) is 54.6 Å². The van der Waals surface area contributed by atoms with Gasteiger partial charge in [0, 0.05) is 18.5 Å². The Bertz CT molecular complexity index is 813. The number of urea groups is 1. The van der Waals surface area contributed by atoms with Crippen LogP contribution in [0.3, 0.4) is 0 Å². The van der Waals surface area contributed by atoms with Crippen molar-refractivity contribution in [1.82, 2.24) is 10.2 Å². The van der Waals surface area contributed by atoms with E-state index in [2.05, 4.69) is 17.4 Å². The van der Waals surface area contributed by atoms with Crippen molar-refractivity contribution >= 4 is 12.0 Å². The summed E-state index contributed by atoms with van der Waals surface area (Å²) in [6.07, 6.45) is 3.62. The zero-order valence-electron chi connectivity index (χ0n) is 14.5. The number of aromatic carboxylic acids is 1. The second-order valence-corrected chi connectivity index (χ2v) is 7.32. The third-order valence-electron chi connectivity index (χ3n) is 5.75. The van der Waals surface area contributed by atoms with Gasteiger partial charge in [-0.25, -0.2) is 9.59 Å². The highest BCUT2D eigenvalue weighted by atomic mass is 16.4. The summed E-state index contributed by atoms with van der Waals surface area (Å²) in [6, 6.07) is 17.0. The van der Waals surface area contributed by atoms with Crippen LogP contribution in [0.4, 0.5) is 4.79 Å². The molecule has 1 aliphatic carbocycles. The molecule has 0 aromatic heterocycles. The van der Waals surface area contributed by atoms with Crippen molar-refractivity contribution in [1.29, 1.82) is 0 Å². The first kappa shape index (κ1) is 16.6. The molecule has 2 fully saturated rings. The molecule has 134 valence electrons. The summed E-state index contributed by atoms with van der Waals surface area (Å²) in [5.41, 5.74) is 2.61. The zero-order chi connectivity index (χ0) is 18.1. The van der Waals surface area contributed by atoms with Crippen LogP contribution < -0.4 is 5.32 Å². The third-order valence-corrected chi connectivity index (χ3v) is 5.75. The molecular weight excluding hydrogens is 328 g/mol. The second-order valence-electron chi connectivity index (χ2n) is 7.32. The molecule has 1 heterocycles. The maximum atomic E-state index is 12.7. The van der Waals surface area contributed by atoms with Gasteiger partial charge in [-0.05, 0) is 36.1 Å². The van der Waals surface area contributed by atoms with Crippen molar-refractivity contribution < 1.29 is 14.7 Å². The van der Waals surface area contributed by atoms with E-state index in [1.54, 1.807) is 24.3 Å². The largest absolute Gasteiger partial charge is 0.478 e. The molecule has 4 rings (SSSR count). The first-order valence-corrected chi connectivity index (χ1v) is 9.01. The highest BCUT2D eigenvalue weighted by molar-refractivity contribution is 5.87. The van der Waals surface area contributed by atoms with Gasteiger partial charge in [0.15, 0.2) is 0 Å². The Kier molecular flexibility index (Phi) is 4.15. The molecule has 0 radical (unpaired) electrons. The molecule has 5 heteroatoms. The smallest absolute Gasteiger partial charge is 0.335 e. The molecule has 1 saturated heterocycles. The Balaban J connectivity index is 1.42. The van der Waals surface area contributed by atoms with Crippen molar-refractivity contribution in [3.8, 4) is 0 Å². The summed E-state index contributed by atoms with van der Waals surface area (Å²) in [4.78, 5) is 25.5. The third kappa shape index (κ3) is 2.83. The number of hydrogen-bond acceptors (Lipinski definition) is 2. The number of carboxylic acid groups (broad SMARTS) is 1. The SMILES string of the molecule is O=C(O)c1ccc(CNC(=O)N2CC3(CCC3)C2c2ccccc2)cc1. The van der Waals surface area contributed by atoms with Crippen molar-refractivity contribution in [3.05, 3.63) is 71.3 Å². The Hall–Kier alpha value is -2.82. The minimum absolute atomic E-state index is 0.0568. The van der Waals surface area contributed by atoms with Crippen LogP contribution in [-0.2, 0) is 6.54 Å². The van der Waals surface area contributed by atoms with Gasteiger partial charge in [-0.15, -0.1) is 0 Å². The number of likely N-dealkylation sites (tertiary alicyclic amines) is 1. The summed E-state index contributed by atoms with van der Waals surface area (Å²) in [6.45, 7) is 1.21. The lowest BCUT2D eigenvalue weighted by atomic mass is 9.56. The molecule has 5 nitrogen and oxygen atoms in total. The lowest BCUT2D eigenvalue weighted by molar-refractivity contribution is -0.0998. The Morgan fingerprint density at radius 2 is 1.77 bits per heavy atom. The number of amides is 2. The summed E-state index contributed by atoms with van der Waals surface area (Å²) < 4.78 is 0. The second kappa shape index (κ2) is 6.48. The number of carboxylic acids is 1. The van der Waals surface area contributed by atoms with Gasteiger partial charge in [0.05, 0.1) is 11.6 Å². The number of nitrogens with zero attached hydrogens (tertiary/aromatic N) is 1. The molecule has 1 unspecified atom stereocenters. The molecule has 2 aromatic rings. The average Bonchev–Trinajstić information content (AvgIpc) is 2.59. The number of carbonyl (C=O) groups excluding carboxylic acids is 1. The van der Waals surface area contributed by atoms with Crippen LogP contribution in [-0.4, -0.2) is 28.6 Å². The molecule has 2 amide bonds. The van der Waals surface area contributed by atoms with E-state index in [0.29, 0.717) is 6.54 Å². The summed E-state index contributed by atoms with van der Waals surface area (Å²) in [5.74, 6) is -0.947. The molecule has 0 bridgehead atoms. The monoisotopic (exact) mass is 350 g/mol. The van der Waals surface area contributed by atoms with E-state index in [4.69, 9.17) is 5.11 Å². The summed E-state index contributed by atoms with van der Waals surface area (Å²) in [7, 11) is 0. The minimum Gasteiger partial charge on any atom is -0.478 e. The van der Waals surface area contributed by atoms with Crippen LogP contribution in [0, 0.1) is 5.41 Å². The van der Waals surface area contributed by atoms with Gasteiger partial charge >= 0.3 is 12.0 Å². The first-order valence-electron chi connectivity index (χ1n) is 9.01. The fourth-order valence-electron chi connectivity index (χ4n) is 4.20. The predicted molar refractivity (Wildman–Crippen MR) is 97.8 cm³/mol. The van der Waals surface area contributed by atoms with E-state index in [9.17, 15) is 9.59 Å². The summed E-state index contributed by atoms with van der Waals surface area (Å²) in [5, 5.41) is 11.9. The van der Waals surface area contributed by atoms with Crippen LogP contribution >= 0.6 is 0 Å². The van der Waals surface area contributed by atoms with E-state index in [1.807, 2.05) is 23.1 Å². The van der Waals surface area contributed by atoms with Crippen molar-refractivity contribution in [2.75, 3.05) is 6.54 Å². The van der Waals surface area contributed by atoms with Gasteiger partial charge < -0.3 is 15.3 Å². The number of benzene rings is 2. The van der Waals surface area contributed by atoms with Crippen LogP contribution in [0.5, 0.6) is 0 Å². The van der Waals surface area contributed by atoms with Gasteiger partial charge in [-0.3, -0.25) is 0 Å². The van der Waals surface area contributed by atoms with E-state index in [-0.39, 0.29) is 23.1 Å². The van der Waals surface area contributed by atoms with Crippen molar-refractivity contribution in [2.24, 2.45) is 5.41 Å². The molecule has 1 spiro atoms. The highest BCUT2D eigenvalue weighted by Gasteiger charge is 2.57. The van der Waals surface area contributed by atoms with E-state index < -0.39 is 5.97 Å². The van der Waals surface area contributed by atoms with E-state index in [0.717, 1.165) is 12.1 Å². The molecule has 2 aromatic carbocycles. The van der Waals surface area contributed by atoms with Gasteiger partial charge in [-0.2, -0.15) is 0 Å².